The third-order valence-electron chi connectivity index (χ3n) is 2.13. The van der Waals surface area contributed by atoms with Gasteiger partial charge in [0.05, 0.1) is 13.2 Å². The second-order valence-corrected chi connectivity index (χ2v) is 3.01. The molecule has 0 aliphatic carbocycles. The third-order valence-corrected chi connectivity index (χ3v) is 2.13. The lowest BCUT2D eigenvalue weighted by molar-refractivity contribution is -0.125. The number of rotatable bonds is 4. The Hall–Kier alpha value is -0.120. The largest absolute Gasteiger partial charge is 0.396 e. The van der Waals surface area contributed by atoms with Crippen molar-refractivity contribution in [3.63, 3.8) is 0 Å². The molecule has 1 fully saturated rings. The van der Waals surface area contributed by atoms with Crippen molar-refractivity contribution in [3.8, 4) is 0 Å². The van der Waals surface area contributed by atoms with E-state index in [1.165, 1.54) is 0 Å². The van der Waals surface area contributed by atoms with Crippen molar-refractivity contribution in [2.24, 2.45) is 11.1 Å². The molecule has 3 N–H and O–H groups in total. The van der Waals surface area contributed by atoms with Gasteiger partial charge in [-0.1, -0.05) is 0 Å². The van der Waals surface area contributed by atoms with Gasteiger partial charge >= 0.3 is 0 Å². The van der Waals surface area contributed by atoms with Crippen molar-refractivity contribution in [3.05, 3.63) is 0 Å². The molecule has 1 aliphatic rings. The van der Waals surface area contributed by atoms with Crippen molar-refractivity contribution in [1.29, 1.82) is 0 Å². The molecule has 0 saturated carbocycles. The standard InChI is InChI=1S/C7H15NO2/c8-3-1-7(2-4-9)5-10-6-7/h9H,1-6,8H2. The summed E-state index contributed by atoms with van der Waals surface area (Å²) in [5.74, 6) is 0. The molecular weight excluding hydrogens is 130 g/mol. The van der Waals surface area contributed by atoms with Crippen LogP contribution in [-0.4, -0.2) is 31.5 Å². The van der Waals surface area contributed by atoms with E-state index >= 15 is 0 Å². The molecule has 3 heteroatoms. The summed E-state index contributed by atoms with van der Waals surface area (Å²) in [6.07, 6.45) is 1.82. The Bertz CT molecular complexity index is 93.8. The highest BCUT2D eigenvalue weighted by atomic mass is 16.5. The van der Waals surface area contributed by atoms with Crippen LogP contribution in [0.25, 0.3) is 0 Å². The molecule has 0 atom stereocenters. The number of aliphatic hydroxyl groups is 1. The topological polar surface area (TPSA) is 55.5 Å². The predicted octanol–water partition coefficient (Wildman–Crippen LogP) is -0.266. The average molecular weight is 145 g/mol. The minimum absolute atomic E-state index is 0.226. The number of nitrogens with two attached hydrogens (primary N) is 1. The monoisotopic (exact) mass is 145 g/mol. The molecule has 60 valence electrons. The van der Waals surface area contributed by atoms with Gasteiger partial charge in [0.15, 0.2) is 0 Å². The van der Waals surface area contributed by atoms with Crippen LogP contribution in [0.15, 0.2) is 0 Å². The molecule has 3 nitrogen and oxygen atoms in total. The van der Waals surface area contributed by atoms with Gasteiger partial charge in [-0.25, -0.2) is 0 Å². The Labute approximate surface area is 61.2 Å². The number of ether oxygens (including phenoxy) is 1. The van der Waals surface area contributed by atoms with Crippen molar-refractivity contribution < 1.29 is 9.84 Å². The first-order valence-electron chi connectivity index (χ1n) is 3.72. The van der Waals surface area contributed by atoms with Crippen molar-refractivity contribution in [1.82, 2.24) is 0 Å². The van der Waals surface area contributed by atoms with Crippen molar-refractivity contribution in [2.75, 3.05) is 26.4 Å². The minimum Gasteiger partial charge on any atom is -0.396 e. The summed E-state index contributed by atoms with van der Waals surface area (Å²) in [6, 6.07) is 0. The van der Waals surface area contributed by atoms with Crippen molar-refractivity contribution in [2.45, 2.75) is 12.8 Å². The maximum atomic E-state index is 8.70. The molecule has 0 unspecified atom stereocenters. The highest BCUT2D eigenvalue weighted by Gasteiger charge is 2.36. The Morgan fingerprint density at radius 2 is 2.10 bits per heavy atom. The Morgan fingerprint density at radius 1 is 1.40 bits per heavy atom. The van der Waals surface area contributed by atoms with E-state index in [9.17, 15) is 0 Å². The van der Waals surface area contributed by atoms with Gasteiger partial charge in [0, 0.05) is 12.0 Å². The molecule has 0 aromatic heterocycles. The van der Waals surface area contributed by atoms with E-state index in [0.717, 1.165) is 26.1 Å². The molecule has 1 aliphatic heterocycles. The molecule has 0 radical (unpaired) electrons. The minimum atomic E-state index is 0.226. The lowest BCUT2D eigenvalue weighted by Gasteiger charge is -2.41. The fraction of sp³-hybridized carbons (Fsp3) is 1.00. The van der Waals surface area contributed by atoms with E-state index in [0.29, 0.717) is 6.54 Å². The van der Waals surface area contributed by atoms with Crippen LogP contribution >= 0.6 is 0 Å². The first-order chi connectivity index (χ1) is 4.83. The van der Waals surface area contributed by atoms with Gasteiger partial charge in [0.1, 0.15) is 0 Å². The highest BCUT2D eigenvalue weighted by Crippen LogP contribution is 2.34. The maximum Gasteiger partial charge on any atom is 0.0546 e. The predicted molar refractivity (Wildman–Crippen MR) is 38.6 cm³/mol. The van der Waals surface area contributed by atoms with Gasteiger partial charge in [-0.3, -0.25) is 0 Å². The van der Waals surface area contributed by atoms with E-state index in [-0.39, 0.29) is 12.0 Å². The van der Waals surface area contributed by atoms with Crippen LogP contribution in [0, 0.1) is 5.41 Å². The third kappa shape index (κ3) is 1.48. The van der Waals surface area contributed by atoms with Crippen LogP contribution in [0.3, 0.4) is 0 Å². The van der Waals surface area contributed by atoms with E-state index in [1.807, 2.05) is 0 Å². The average Bonchev–Trinajstić information content (AvgIpc) is 1.84. The molecule has 0 aromatic carbocycles. The molecule has 1 rings (SSSR count). The van der Waals surface area contributed by atoms with Gasteiger partial charge in [-0.05, 0) is 19.4 Å². The molecule has 0 bridgehead atoms. The summed E-state index contributed by atoms with van der Waals surface area (Å²) in [4.78, 5) is 0. The summed E-state index contributed by atoms with van der Waals surface area (Å²) >= 11 is 0. The maximum absolute atomic E-state index is 8.70. The van der Waals surface area contributed by atoms with Gasteiger partial charge in [0.2, 0.25) is 0 Å². The van der Waals surface area contributed by atoms with Gasteiger partial charge in [-0.15, -0.1) is 0 Å². The highest BCUT2D eigenvalue weighted by molar-refractivity contribution is 4.85. The zero-order valence-electron chi connectivity index (χ0n) is 6.18. The van der Waals surface area contributed by atoms with Crippen LogP contribution in [-0.2, 0) is 4.74 Å². The molecule has 0 spiro atoms. The SMILES string of the molecule is NCCC1(CCO)COC1. The van der Waals surface area contributed by atoms with E-state index in [4.69, 9.17) is 15.6 Å². The number of hydrogen-bond donors (Lipinski definition) is 2. The molecule has 0 amide bonds. The smallest absolute Gasteiger partial charge is 0.0546 e. The molecular formula is C7H15NO2. The summed E-state index contributed by atoms with van der Waals surface area (Å²) in [5, 5.41) is 8.70. The lowest BCUT2D eigenvalue weighted by Crippen LogP contribution is -2.44. The molecule has 10 heavy (non-hydrogen) atoms. The van der Waals surface area contributed by atoms with Crippen LogP contribution in [0.4, 0.5) is 0 Å². The van der Waals surface area contributed by atoms with Crippen LogP contribution in [0.5, 0.6) is 0 Å². The van der Waals surface area contributed by atoms with Crippen LogP contribution in [0.2, 0.25) is 0 Å². The second kappa shape index (κ2) is 3.32. The Morgan fingerprint density at radius 3 is 2.40 bits per heavy atom. The molecule has 1 saturated heterocycles. The fourth-order valence-electron chi connectivity index (χ4n) is 1.35. The second-order valence-electron chi connectivity index (χ2n) is 3.01. The number of aliphatic hydroxyl groups excluding tert-OH is 1. The van der Waals surface area contributed by atoms with E-state index < -0.39 is 0 Å². The first kappa shape index (κ1) is 7.98. The summed E-state index contributed by atoms with van der Waals surface area (Å²) < 4.78 is 5.08. The number of hydrogen-bond acceptors (Lipinski definition) is 3. The zero-order chi connectivity index (χ0) is 7.45. The van der Waals surface area contributed by atoms with E-state index in [2.05, 4.69) is 0 Å². The van der Waals surface area contributed by atoms with Gasteiger partial charge in [0.25, 0.3) is 0 Å². The van der Waals surface area contributed by atoms with Crippen LogP contribution < -0.4 is 5.73 Å². The van der Waals surface area contributed by atoms with Gasteiger partial charge < -0.3 is 15.6 Å². The quantitative estimate of drug-likeness (QED) is 0.572. The lowest BCUT2D eigenvalue weighted by atomic mass is 9.80. The van der Waals surface area contributed by atoms with Crippen LogP contribution in [0.1, 0.15) is 12.8 Å². The Kier molecular flexibility index (Phi) is 2.65. The normalized spacial score (nSPS) is 22.2. The Balaban J connectivity index is 2.27. The zero-order valence-corrected chi connectivity index (χ0v) is 6.18. The molecule has 1 heterocycles. The van der Waals surface area contributed by atoms with Gasteiger partial charge in [-0.2, -0.15) is 0 Å². The summed E-state index contributed by atoms with van der Waals surface area (Å²) in [7, 11) is 0. The first-order valence-corrected chi connectivity index (χ1v) is 3.72. The molecule has 0 aromatic rings. The summed E-state index contributed by atoms with van der Waals surface area (Å²) in [5.41, 5.74) is 5.64. The fourth-order valence-corrected chi connectivity index (χ4v) is 1.35. The summed E-state index contributed by atoms with van der Waals surface area (Å²) in [6.45, 7) is 2.52. The van der Waals surface area contributed by atoms with Crippen molar-refractivity contribution >= 4 is 0 Å². The van der Waals surface area contributed by atoms with E-state index in [1.54, 1.807) is 0 Å².